The van der Waals surface area contributed by atoms with E-state index in [0.29, 0.717) is 17.3 Å². The molecule has 0 bridgehead atoms. The first kappa shape index (κ1) is 10.1. The zero-order valence-electron chi connectivity index (χ0n) is 7.79. The SMILES string of the molecule is NNC(=O)[C@H]1CNc2cc(Cl)ccc2O1. The number of hydrogen-bond donors (Lipinski definition) is 3. The number of hydrazine groups is 1. The number of carbonyl (C=O) groups is 1. The first-order valence-corrected chi connectivity index (χ1v) is 4.79. The van der Waals surface area contributed by atoms with Crippen LogP contribution in [0.15, 0.2) is 18.2 Å². The van der Waals surface area contributed by atoms with Gasteiger partial charge in [-0.1, -0.05) is 11.6 Å². The van der Waals surface area contributed by atoms with E-state index in [1.54, 1.807) is 18.2 Å². The van der Waals surface area contributed by atoms with Crippen LogP contribution in [0.4, 0.5) is 5.69 Å². The van der Waals surface area contributed by atoms with E-state index in [4.69, 9.17) is 22.2 Å². The Labute approximate surface area is 91.5 Å². The van der Waals surface area contributed by atoms with E-state index in [1.807, 2.05) is 5.43 Å². The number of rotatable bonds is 1. The highest BCUT2D eigenvalue weighted by molar-refractivity contribution is 6.30. The smallest absolute Gasteiger partial charge is 0.276 e. The van der Waals surface area contributed by atoms with Crippen molar-refractivity contribution in [2.75, 3.05) is 11.9 Å². The molecule has 0 aliphatic carbocycles. The molecule has 0 radical (unpaired) electrons. The van der Waals surface area contributed by atoms with Crippen LogP contribution in [-0.2, 0) is 4.79 Å². The number of amides is 1. The van der Waals surface area contributed by atoms with Crippen molar-refractivity contribution < 1.29 is 9.53 Å². The fraction of sp³-hybridized carbons (Fsp3) is 0.222. The van der Waals surface area contributed by atoms with Gasteiger partial charge in [0, 0.05) is 5.02 Å². The standard InChI is InChI=1S/C9H10ClN3O2/c10-5-1-2-7-6(3-5)12-4-8(15-7)9(14)13-11/h1-3,8,12H,4,11H2,(H,13,14)/t8-/m1/s1. The predicted molar refractivity (Wildman–Crippen MR) is 56.7 cm³/mol. The molecule has 1 heterocycles. The van der Waals surface area contributed by atoms with Gasteiger partial charge in [-0.25, -0.2) is 5.84 Å². The normalized spacial score (nSPS) is 18.4. The topological polar surface area (TPSA) is 76.4 Å². The number of halogens is 1. The number of fused-ring (bicyclic) bond motifs is 1. The average Bonchev–Trinajstić information content (AvgIpc) is 2.27. The van der Waals surface area contributed by atoms with Gasteiger partial charge in [0.1, 0.15) is 5.75 Å². The van der Waals surface area contributed by atoms with Gasteiger partial charge in [0.25, 0.3) is 5.91 Å². The van der Waals surface area contributed by atoms with Crippen LogP contribution < -0.4 is 21.3 Å². The average molecular weight is 228 g/mol. The second-order valence-electron chi connectivity index (χ2n) is 3.14. The van der Waals surface area contributed by atoms with Crippen molar-refractivity contribution in [3.8, 4) is 5.75 Å². The Balaban J connectivity index is 2.20. The number of nitrogens with one attached hydrogen (secondary N) is 2. The highest BCUT2D eigenvalue weighted by Gasteiger charge is 2.25. The van der Waals surface area contributed by atoms with Gasteiger partial charge in [0.05, 0.1) is 12.2 Å². The van der Waals surface area contributed by atoms with E-state index in [-0.39, 0.29) is 5.91 Å². The van der Waals surface area contributed by atoms with Gasteiger partial charge in [-0.2, -0.15) is 0 Å². The summed E-state index contributed by atoms with van der Waals surface area (Å²) in [5.41, 5.74) is 2.83. The molecule has 0 saturated heterocycles. The fourth-order valence-corrected chi connectivity index (χ4v) is 1.55. The van der Waals surface area contributed by atoms with Crippen LogP contribution in [-0.4, -0.2) is 18.6 Å². The van der Waals surface area contributed by atoms with Crippen LogP contribution in [0.3, 0.4) is 0 Å². The lowest BCUT2D eigenvalue weighted by Gasteiger charge is -2.25. The summed E-state index contributed by atoms with van der Waals surface area (Å²) in [7, 11) is 0. The first-order chi connectivity index (χ1) is 7.20. The summed E-state index contributed by atoms with van der Waals surface area (Å²) < 4.78 is 5.43. The van der Waals surface area contributed by atoms with Gasteiger partial charge < -0.3 is 10.1 Å². The third kappa shape index (κ3) is 1.98. The van der Waals surface area contributed by atoms with Crippen LogP contribution >= 0.6 is 11.6 Å². The van der Waals surface area contributed by atoms with E-state index in [0.717, 1.165) is 5.69 Å². The molecule has 80 valence electrons. The molecule has 5 nitrogen and oxygen atoms in total. The maximum atomic E-state index is 11.2. The number of ether oxygens (including phenoxy) is 1. The monoisotopic (exact) mass is 227 g/mol. The Kier molecular flexibility index (Phi) is 2.66. The van der Waals surface area contributed by atoms with Gasteiger partial charge in [-0.3, -0.25) is 10.2 Å². The maximum absolute atomic E-state index is 11.2. The molecule has 0 unspecified atom stereocenters. The van der Waals surface area contributed by atoms with E-state index < -0.39 is 6.10 Å². The van der Waals surface area contributed by atoms with Crippen molar-refractivity contribution in [1.82, 2.24) is 5.43 Å². The summed E-state index contributed by atoms with van der Waals surface area (Å²) in [5, 5.41) is 3.66. The zero-order valence-corrected chi connectivity index (χ0v) is 8.54. The lowest BCUT2D eigenvalue weighted by atomic mass is 10.2. The minimum atomic E-state index is -0.608. The second kappa shape index (κ2) is 3.96. The number of nitrogens with two attached hydrogens (primary N) is 1. The molecule has 0 aromatic heterocycles. The Bertz CT molecular complexity index is 397. The summed E-state index contributed by atoms with van der Waals surface area (Å²) in [5.74, 6) is 5.26. The van der Waals surface area contributed by atoms with E-state index in [9.17, 15) is 4.79 Å². The molecular weight excluding hydrogens is 218 g/mol. The molecule has 0 saturated carbocycles. The molecule has 1 aliphatic rings. The number of carbonyl (C=O) groups excluding carboxylic acids is 1. The maximum Gasteiger partial charge on any atom is 0.276 e. The number of anilines is 1. The van der Waals surface area contributed by atoms with Crippen molar-refractivity contribution in [3.63, 3.8) is 0 Å². The van der Waals surface area contributed by atoms with Crippen molar-refractivity contribution in [1.29, 1.82) is 0 Å². The largest absolute Gasteiger partial charge is 0.476 e. The van der Waals surface area contributed by atoms with Gasteiger partial charge >= 0.3 is 0 Å². The summed E-state index contributed by atoms with van der Waals surface area (Å²) in [6.07, 6.45) is -0.608. The van der Waals surface area contributed by atoms with Gasteiger partial charge in [0.15, 0.2) is 6.10 Å². The van der Waals surface area contributed by atoms with Crippen LogP contribution in [0.2, 0.25) is 5.02 Å². The fourth-order valence-electron chi connectivity index (χ4n) is 1.38. The molecule has 0 spiro atoms. The highest BCUT2D eigenvalue weighted by Crippen LogP contribution is 2.31. The highest BCUT2D eigenvalue weighted by atomic mass is 35.5. The molecule has 1 aromatic carbocycles. The molecule has 1 amide bonds. The molecule has 1 aromatic rings. The number of hydrogen-bond acceptors (Lipinski definition) is 4. The molecule has 2 rings (SSSR count). The molecule has 4 N–H and O–H groups in total. The molecule has 1 atom stereocenters. The Morgan fingerprint density at radius 2 is 2.47 bits per heavy atom. The Morgan fingerprint density at radius 3 is 3.20 bits per heavy atom. The third-order valence-corrected chi connectivity index (χ3v) is 2.36. The van der Waals surface area contributed by atoms with Gasteiger partial charge in [0.2, 0.25) is 0 Å². The molecule has 6 heteroatoms. The van der Waals surface area contributed by atoms with Crippen molar-refractivity contribution in [3.05, 3.63) is 23.2 Å². The quantitative estimate of drug-likeness (QED) is 0.371. The van der Waals surface area contributed by atoms with Crippen LogP contribution in [0.5, 0.6) is 5.75 Å². The van der Waals surface area contributed by atoms with Crippen LogP contribution in [0.1, 0.15) is 0 Å². The van der Waals surface area contributed by atoms with Crippen LogP contribution in [0.25, 0.3) is 0 Å². The molecule has 1 aliphatic heterocycles. The van der Waals surface area contributed by atoms with Crippen LogP contribution in [0, 0.1) is 0 Å². The number of benzene rings is 1. The van der Waals surface area contributed by atoms with E-state index >= 15 is 0 Å². The first-order valence-electron chi connectivity index (χ1n) is 4.41. The lowest BCUT2D eigenvalue weighted by molar-refractivity contribution is -0.127. The Morgan fingerprint density at radius 1 is 1.67 bits per heavy atom. The van der Waals surface area contributed by atoms with E-state index in [2.05, 4.69) is 5.32 Å². The Hall–Kier alpha value is -1.46. The summed E-state index contributed by atoms with van der Waals surface area (Å²) in [4.78, 5) is 11.2. The minimum absolute atomic E-state index is 0.358. The molecule has 15 heavy (non-hydrogen) atoms. The lowest BCUT2D eigenvalue weighted by Crippen LogP contribution is -2.47. The zero-order chi connectivity index (χ0) is 10.8. The minimum Gasteiger partial charge on any atom is -0.476 e. The van der Waals surface area contributed by atoms with Crippen molar-refractivity contribution in [2.24, 2.45) is 5.84 Å². The summed E-state index contributed by atoms with van der Waals surface area (Å²) >= 11 is 5.81. The molecule has 0 fully saturated rings. The summed E-state index contributed by atoms with van der Waals surface area (Å²) in [6, 6.07) is 5.15. The van der Waals surface area contributed by atoms with Gasteiger partial charge in [-0.05, 0) is 18.2 Å². The molecular formula is C9H10ClN3O2. The van der Waals surface area contributed by atoms with Gasteiger partial charge in [-0.15, -0.1) is 0 Å². The second-order valence-corrected chi connectivity index (χ2v) is 3.57. The van der Waals surface area contributed by atoms with Crippen molar-refractivity contribution in [2.45, 2.75) is 6.10 Å². The predicted octanol–water partition coefficient (Wildman–Crippen LogP) is 0.503. The van der Waals surface area contributed by atoms with E-state index in [1.165, 1.54) is 0 Å². The summed E-state index contributed by atoms with van der Waals surface area (Å²) in [6.45, 7) is 0.371. The van der Waals surface area contributed by atoms with Crippen molar-refractivity contribution >= 4 is 23.2 Å². The third-order valence-electron chi connectivity index (χ3n) is 2.12.